The molecule has 0 aliphatic carbocycles. The van der Waals surface area contributed by atoms with Gasteiger partial charge >= 0.3 is 0 Å². The first-order chi connectivity index (χ1) is 13.4. The van der Waals surface area contributed by atoms with Gasteiger partial charge in [0.25, 0.3) is 11.8 Å². The lowest BCUT2D eigenvalue weighted by atomic mass is 9.84. The largest absolute Gasteiger partial charge is 0.321 e. The van der Waals surface area contributed by atoms with Crippen molar-refractivity contribution in [1.29, 1.82) is 0 Å². The summed E-state index contributed by atoms with van der Waals surface area (Å²) in [5.74, 6) is -0.348. The monoisotopic (exact) mass is 388 g/mol. The highest BCUT2D eigenvalue weighted by molar-refractivity contribution is 6.49. The molecular weight excluding hydrogens is 360 g/mol. The third kappa shape index (κ3) is 2.98. The minimum absolute atomic E-state index is 0.0183. The molecule has 0 saturated carbocycles. The van der Waals surface area contributed by atoms with Crippen LogP contribution in [-0.4, -0.2) is 18.9 Å². The second kappa shape index (κ2) is 6.06. The van der Waals surface area contributed by atoms with Crippen LogP contribution in [0.2, 0.25) is 0 Å². The van der Waals surface area contributed by atoms with Gasteiger partial charge in [0.05, 0.1) is 16.8 Å². The van der Waals surface area contributed by atoms with Crippen molar-refractivity contribution in [3.05, 3.63) is 58.7 Å². The van der Waals surface area contributed by atoms with E-state index in [1.54, 1.807) is 11.9 Å². The first kappa shape index (κ1) is 19.4. The average Bonchev–Trinajstić information content (AvgIpc) is 3.06. The van der Waals surface area contributed by atoms with Crippen molar-refractivity contribution in [2.75, 3.05) is 17.3 Å². The maximum absolute atomic E-state index is 13.2. The summed E-state index contributed by atoms with van der Waals surface area (Å²) in [5, 5.41) is 2.97. The summed E-state index contributed by atoms with van der Waals surface area (Å²) in [7, 11) is 1.78. The molecule has 4 rings (SSSR count). The van der Waals surface area contributed by atoms with E-state index in [1.165, 1.54) is 0 Å². The highest BCUT2D eigenvalue weighted by Crippen LogP contribution is 2.45. The molecule has 4 heteroatoms. The predicted molar refractivity (Wildman–Crippen MR) is 119 cm³/mol. The predicted octanol–water partition coefficient (Wildman–Crippen LogP) is 5.12. The Morgan fingerprint density at radius 3 is 1.90 bits per heavy atom. The van der Waals surface area contributed by atoms with E-state index in [0.717, 1.165) is 33.6 Å². The molecule has 2 aromatic carbocycles. The van der Waals surface area contributed by atoms with E-state index in [2.05, 4.69) is 59.0 Å². The second-order valence-corrected chi connectivity index (χ2v) is 10.1. The van der Waals surface area contributed by atoms with E-state index in [9.17, 15) is 9.59 Å². The third-order valence-corrected chi connectivity index (χ3v) is 5.89. The summed E-state index contributed by atoms with van der Waals surface area (Å²) in [5.41, 5.74) is 6.49. The number of nitrogens with zero attached hydrogens (tertiary/aromatic N) is 1. The number of likely N-dealkylation sites (N-methyl/N-ethyl adjacent to an activating group) is 1. The first-order valence-electron chi connectivity index (χ1n) is 10.0. The molecule has 4 nitrogen and oxygen atoms in total. The Bertz CT molecular complexity index is 1090. The highest BCUT2D eigenvalue weighted by Gasteiger charge is 2.38. The van der Waals surface area contributed by atoms with Crippen LogP contribution in [0.15, 0.2) is 36.4 Å². The molecule has 2 heterocycles. The Morgan fingerprint density at radius 1 is 0.759 bits per heavy atom. The molecule has 0 spiro atoms. The van der Waals surface area contributed by atoms with Gasteiger partial charge < -0.3 is 10.2 Å². The maximum atomic E-state index is 13.2. The van der Waals surface area contributed by atoms with Gasteiger partial charge in [-0.1, -0.05) is 65.8 Å². The quantitative estimate of drug-likeness (QED) is 0.637. The normalized spacial score (nSPS) is 18.8. The van der Waals surface area contributed by atoms with Crippen molar-refractivity contribution in [3.63, 3.8) is 0 Å². The Hall–Kier alpha value is -2.88. The lowest BCUT2D eigenvalue weighted by Gasteiger charge is -2.21. The summed E-state index contributed by atoms with van der Waals surface area (Å²) in [4.78, 5) is 27.8. The van der Waals surface area contributed by atoms with E-state index in [-0.39, 0.29) is 22.6 Å². The van der Waals surface area contributed by atoms with Gasteiger partial charge in [0.15, 0.2) is 0 Å². The van der Waals surface area contributed by atoms with E-state index in [0.29, 0.717) is 11.1 Å². The molecule has 1 N–H and O–H groups in total. The summed E-state index contributed by atoms with van der Waals surface area (Å²) < 4.78 is 0. The van der Waals surface area contributed by atoms with Gasteiger partial charge in [0.1, 0.15) is 0 Å². The number of hydrogen-bond donors (Lipinski definition) is 1. The molecule has 2 aliphatic heterocycles. The zero-order valence-electron chi connectivity index (χ0n) is 18.2. The standard InChI is InChI=1S/C25H28N2O2/c1-24(2,3)14-8-10-16-18(12-14)26-22(28)20(16)21-17-11-9-15(25(4,5)6)13-19(17)27(7)23(21)29/h8-13H,1-7H3,(H,26,28)/b21-20+. The van der Waals surface area contributed by atoms with Gasteiger partial charge in [-0.05, 0) is 34.1 Å². The van der Waals surface area contributed by atoms with Crippen LogP contribution in [0, 0.1) is 0 Å². The Morgan fingerprint density at radius 2 is 1.31 bits per heavy atom. The molecule has 0 saturated heterocycles. The van der Waals surface area contributed by atoms with Gasteiger partial charge in [-0.2, -0.15) is 0 Å². The van der Waals surface area contributed by atoms with Crippen molar-refractivity contribution in [2.45, 2.75) is 52.4 Å². The number of benzene rings is 2. The molecule has 2 amide bonds. The number of carbonyl (C=O) groups is 2. The van der Waals surface area contributed by atoms with Gasteiger partial charge in [-0.3, -0.25) is 9.59 Å². The van der Waals surface area contributed by atoms with Gasteiger partial charge in [-0.25, -0.2) is 0 Å². The fraction of sp³-hybridized carbons (Fsp3) is 0.360. The van der Waals surface area contributed by atoms with E-state index >= 15 is 0 Å². The lowest BCUT2D eigenvalue weighted by molar-refractivity contribution is -0.113. The van der Waals surface area contributed by atoms with Gasteiger partial charge in [0.2, 0.25) is 0 Å². The van der Waals surface area contributed by atoms with E-state index in [4.69, 9.17) is 0 Å². The minimum Gasteiger partial charge on any atom is -0.321 e. The van der Waals surface area contributed by atoms with Crippen LogP contribution in [0.5, 0.6) is 0 Å². The van der Waals surface area contributed by atoms with Crippen molar-refractivity contribution >= 4 is 34.3 Å². The molecule has 2 aliphatic rings. The molecule has 0 bridgehead atoms. The number of hydrogen-bond acceptors (Lipinski definition) is 2. The molecule has 29 heavy (non-hydrogen) atoms. The topological polar surface area (TPSA) is 49.4 Å². The van der Waals surface area contributed by atoms with Crippen LogP contribution in [0.4, 0.5) is 11.4 Å². The first-order valence-corrected chi connectivity index (χ1v) is 10.0. The van der Waals surface area contributed by atoms with Gasteiger partial charge in [0, 0.05) is 23.9 Å². The Labute approximate surface area is 172 Å². The smallest absolute Gasteiger partial charge is 0.259 e. The molecule has 2 aromatic rings. The number of fused-ring (bicyclic) bond motifs is 2. The van der Waals surface area contributed by atoms with E-state index in [1.807, 2.05) is 24.3 Å². The summed E-state index contributed by atoms with van der Waals surface area (Å²) in [6.07, 6.45) is 0. The Balaban J connectivity index is 1.92. The zero-order valence-corrected chi connectivity index (χ0v) is 18.2. The number of amides is 2. The fourth-order valence-corrected chi connectivity index (χ4v) is 4.01. The van der Waals surface area contributed by atoms with Crippen LogP contribution in [0.3, 0.4) is 0 Å². The number of carbonyl (C=O) groups excluding carboxylic acids is 2. The van der Waals surface area contributed by atoms with Crippen LogP contribution in [0.1, 0.15) is 63.8 Å². The number of nitrogens with one attached hydrogen (secondary N) is 1. The average molecular weight is 389 g/mol. The van der Waals surface area contributed by atoms with Crippen molar-refractivity contribution in [2.24, 2.45) is 0 Å². The van der Waals surface area contributed by atoms with Crippen LogP contribution in [-0.2, 0) is 20.4 Å². The fourth-order valence-electron chi connectivity index (χ4n) is 4.01. The molecule has 150 valence electrons. The summed E-state index contributed by atoms with van der Waals surface area (Å²) in [6.45, 7) is 12.9. The van der Waals surface area contributed by atoms with Crippen LogP contribution >= 0.6 is 0 Å². The molecule has 0 unspecified atom stereocenters. The second-order valence-electron chi connectivity index (χ2n) is 10.1. The molecule has 0 atom stereocenters. The SMILES string of the molecule is CN1C(=O)/C(=C2/C(=O)Nc3cc(C(C)(C)C)ccc32)c2ccc(C(C)(C)C)cc21. The highest BCUT2D eigenvalue weighted by atomic mass is 16.2. The summed E-state index contributed by atoms with van der Waals surface area (Å²) in [6, 6.07) is 12.1. The number of rotatable bonds is 0. The van der Waals surface area contributed by atoms with Crippen LogP contribution in [0.25, 0.3) is 11.1 Å². The van der Waals surface area contributed by atoms with Crippen molar-refractivity contribution < 1.29 is 9.59 Å². The molecule has 0 radical (unpaired) electrons. The van der Waals surface area contributed by atoms with E-state index < -0.39 is 0 Å². The van der Waals surface area contributed by atoms with Gasteiger partial charge in [-0.15, -0.1) is 0 Å². The lowest BCUT2D eigenvalue weighted by Crippen LogP contribution is -2.22. The summed E-state index contributed by atoms with van der Waals surface area (Å²) >= 11 is 0. The zero-order chi connectivity index (χ0) is 21.3. The third-order valence-electron chi connectivity index (χ3n) is 5.89. The van der Waals surface area contributed by atoms with Crippen molar-refractivity contribution in [1.82, 2.24) is 0 Å². The maximum Gasteiger partial charge on any atom is 0.259 e. The number of anilines is 2. The minimum atomic E-state index is -0.212. The Kier molecular flexibility index (Phi) is 4.06. The van der Waals surface area contributed by atoms with Crippen LogP contribution < -0.4 is 10.2 Å². The van der Waals surface area contributed by atoms with Crippen molar-refractivity contribution in [3.8, 4) is 0 Å². The molecule has 0 aromatic heterocycles. The molecule has 0 fully saturated rings. The molecular formula is C25H28N2O2.